The van der Waals surface area contributed by atoms with Crippen LogP contribution in [-0.2, 0) is 0 Å². The third kappa shape index (κ3) is 6.42. The molecule has 3 rings (SSSR count). The highest BCUT2D eigenvalue weighted by molar-refractivity contribution is 5.96. The molecule has 30 heavy (non-hydrogen) atoms. The Balaban J connectivity index is 1.31. The van der Waals surface area contributed by atoms with Gasteiger partial charge >= 0.3 is 0 Å². The molecule has 7 heteroatoms. The second-order valence-corrected chi connectivity index (χ2v) is 7.71. The number of rotatable bonds is 11. The fourth-order valence-corrected chi connectivity index (χ4v) is 3.61. The number of hydrogen-bond donors (Lipinski definition) is 1. The molecule has 0 bridgehead atoms. The predicted octanol–water partition coefficient (Wildman–Crippen LogP) is 3.40. The quantitative estimate of drug-likeness (QED) is 0.452. The number of aromatic amines is 1. The van der Waals surface area contributed by atoms with E-state index in [9.17, 15) is 9.59 Å². The van der Waals surface area contributed by atoms with Crippen LogP contribution in [0.15, 0.2) is 36.8 Å². The maximum absolute atomic E-state index is 12.3. The molecule has 0 saturated carbocycles. The van der Waals surface area contributed by atoms with Crippen molar-refractivity contribution < 1.29 is 14.3 Å². The number of imidazole rings is 1. The number of aromatic nitrogens is 2. The standard InChI is InChI=1S/C23H32N4O3/c1-2-3-4-6-22(28)19-7-9-20(10-8-19)30-16-5-11-26-12-14-27(15-13-26)23(29)21-17-24-18-25-21/h7-10,17-18H,2-6,11-16H2,1H3,(H,24,25). The first kappa shape index (κ1) is 22.0. The smallest absolute Gasteiger partial charge is 0.272 e. The minimum atomic E-state index is 0.0165. The van der Waals surface area contributed by atoms with E-state index in [-0.39, 0.29) is 11.7 Å². The summed E-state index contributed by atoms with van der Waals surface area (Å²) in [4.78, 5) is 35.4. The second-order valence-electron chi connectivity index (χ2n) is 7.71. The third-order valence-corrected chi connectivity index (χ3v) is 5.46. The summed E-state index contributed by atoms with van der Waals surface area (Å²) in [5.41, 5.74) is 1.31. The Morgan fingerprint density at radius 1 is 1.07 bits per heavy atom. The van der Waals surface area contributed by atoms with E-state index in [2.05, 4.69) is 21.8 Å². The van der Waals surface area contributed by atoms with Crippen LogP contribution in [0.1, 0.15) is 59.9 Å². The molecule has 1 aliphatic rings. The van der Waals surface area contributed by atoms with E-state index in [4.69, 9.17) is 4.74 Å². The van der Waals surface area contributed by atoms with Crippen LogP contribution in [0.25, 0.3) is 0 Å². The molecule has 1 fully saturated rings. The van der Waals surface area contributed by atoms with Gasteiger partial charge in [0.15, 0.2) is 5.78 Å². The van der Waals surface area contributed by atoms with Crippen LogP contribution >= 0.6 is 0 Å². The number of carbonyl (C=O) groups excluding carboxylic acids is 2. The molecule has 2 aromatic rings. The average molecular weight is 413 g/mol. The zero-order valence-electron chi connectivity index (χ0n) is 17.8. The van der Waals surface area contributed by atoms with Crippen molar-refractivity contribution in [1.82, 2.24) is 19.8 Å². The van der Waals surface area contributed by atoms with Crippen molar-refractivity contribution in [1.29, 1.82) is 0 Å². The number of H-pyrrole nitrogens is 1. The van der Waals surface area contributed by atoms with Crippen molar-refractivity contribution in [2.45, 2.75) is 39.0 Å². The molecule has 1 saturated heterocycles. The Kier molecular flexibility index (Phi) is 8.44. The van der Waals surface area contributed by atoms with Crippen LogP contribution in [0.2, 0.25) is 0 Å². The number of unbranched alkanes of at least 4 members (excludes halogenated alkanes) is 2. The van der Waals surface area contributed by atoms with Crippen molar-refractivity contribution in [3.8, 4) is 5.75 Å². The van der Waals surface area contributed by atoms with Crippen molar-refractivity contribution in [2.75, 3.05) is 39.3 Å². The molecule has 162 valence electrons. The summed E-state index contributed by atoms with van der Waals surface area (Å²) in [6.45, 7) is 6.92. The number of nitrogens with one attached hydrogen (secondary N) is 1. The number of ketones is 1. The highest BCUT2D eigenvalue weighted by Crippen LogP contribution is 2.15. The van der Waals surface area contributed by atoms with Gasteiger partial charge in [-0.2, -0.15) is 0 Å². The minimum Gasteiger partial charge on any atom is -0.494 e. The summed E-state index contributed by atoms with van der Waals surface area (Å²) in [6, 6.07) is 7.48. The van der Waals surface area contributed by atoms with Crippen LogP contribution in [0, 0.1) is 0 Å². The van der Waals surface area contributed by atoms with Gasteiger partial charge in [0.1, 0.15) is 11.4 Å². The highest BCUT2D eigenvalue weighted by Gasteiger charge is 2.22. The molecule has 0 unspecified atom stereocenters. The lowest BCUT2D eigenvalue weighted by molar-refractivity contribution is 0.0625. The fourth-order valence-electron chi connectivity index (χ4n) is 3.61. The van der Waals surface area contributed by atoms with Crippen LogP contribution < -0.4 is 4.74 Å². The van der Waals surface area contributed by atoms with Gasteiger partial charge in [-0.1, -0.05) is 19.8 Å². The van der Waals surface area contributed by atoms with E-state index < -0.39 is 0 Å². The molecule has 1 aliphatic heterocycles. The van der Waals surface area contributed by atoms with Gasteiger partial charge in [-0.15, -0.1) is 0 Å². The Hall–Kier alpha value is -2.67. The van der Waals surface area contributed by atoms with E-state index in [1.165, 1.54) is 6.33 Å². The number of Topliss-reactive ketones (excluding diaryl/α,β-unsaturated/α-hetero) is 1. The maximum atomic E-state index is 12.3. The lowest BCUT2D eigenvalue weighted by Gasteiger charge is -2.34. The van der Waals surface area contributed by atoms with Gasteiger partial charge in [0, 0.05) is 44.7 Å². The second kappa shape index (κ2) is 11.5. The average Bonchev–Trinajstić information content (AvgIpc) is 3.32. The third-order valence-electron chi connectivity index (χ3n) is 5.46. The molecule has 0 aliphatic carbocycles. The summed E-state index contributed by atoms with van der Waals surface area (Å²) in [5, 5.41) is 0. The first-order valence-electron chi connectivity index (χ1n) is 10.9. The zero-order chi connectivity index (χ0) is 21.2. The fraction of sp³-hybridized carbons (Fsp3) is 0.522. The summed E-state index contributed by atoms with van der Waals surface area (Å²) in [7, 11) is 0. The van der Waals surface area contributed by atoms with E-state index in [1.807, 2.05) is 29.2 Å². The number of nitrogens with zero attached hydrogens (tertiary/aromatic N) is 3. The summed E-state index contributed by atoms with van der Waals surface area (Å²) >= 11 is 0. The molecule has 0 spiro atoms. The van der Waals surface area contributed by atoms with Gasteiger partial charge in [0.2, 0.25) is 0 Å². The van der Waals surface area contributed by atoms with Crippen LogP contribution in [0.3, 0.4) is 0 Å². The number of hydrogen-bond acceptors (Lipinski definition) is 5. The van der Waals surface area contributed by atoms with Crippen molar-refractivity contribution in [3.05, 3.63) is 48.0 Å². The van der Waals surface area contributed by atoms with E-state index in [0.29, 0.717) is 18.7 Å². The summed E-state index contributed by atoms with van der Waals surface area (Å²) in [5.74, 6) is 1.03. The monoisotopic (exact) mass is 412 g/mol. The lowest BCUT2D eigenvalue weighted by atomic mass is 10.0. The van der Waals surface area contributed by atoms with Crippen LogP contribution in [0.4, 0.5) is 0 Å². The molecule has 7 nitrogen and oxygen atoms in total. The largest absolute Gasteiger partial charge is 0.494 e. The zero-order valence-corrected chi connectivity index (χ0v) is 17.8. The van der Waals surface area contributed by atoms with Crippen LogP contribution in [0.5, 0.6) is 5.75 Å². The Morgan fingerprint density at radius 2 is 1.83 bits per heavy atom. The molecule has 1 N–H and O–H groups in total. The SMILES string of the molecule is CCCCCC(=O)c1ccc(OCCCN2CCN(C(=O)c3cnc[nH]3)CC2)cc1. The minimum absolute atomic E-state index is 0.0165. The maximum Gasteiger partial charge on any atom is 0.272 e. The normalized spacial score (nSPS) is 14.6. The summed E-state index contributed by atoms with van der Waals surface area (Å²) < 4.78 is 5.83. The first-order chi connectivity index (χ1) is 14.7. The molecule has 0 radical (unpaired) electrons. The van der Waals surface area contributed by atoms with Crippen molar-refractivity contribution in [2.24, 2.45) is 0 Å². The van der Waals surface area contributed by atoms with Gasteiger partial charge in [0.05, 0.1) is 19.1 Å². The van der Waals surface area contributed by atoms with Crippen molar-refractivity contribution >= 4 is 11.7 Å². The highest BCUT2D eigenvalue weighted by atomic mass is 16.5. The van der Waals surface area contributed by atoms with Gasteiger partial charge in [-0.3, -0.25) is 14.5 Å². The lowest BCUT2D eigenvalue weighted by Crippen LogP contribution is -2.49. The number of benzene rings is 1. The van der Waals surface area contributed by atoms with Gasteiger partial charge in [-0.05, 0) is 37.1 Å². The van der Waals surface area contributed by atoms with E-state index in [0.717, 1.165) is 69.7 Å². The molecule has 1 aromatic carbocycles. The molecular weight excluding hydrogens is 380 g/mol. The molecule has 1 aromatic heterocycles. The number of ether oxygens (including phenoxy) is 1. The van der Waals surface area contributed by atoms with Crippen LogP contribution in [-0.4, -0.2) is 70.8 Å². The number of carbonyl (C=O) groups is 2. The van der Waals surface area contributed by atoms with Gasteiger partial charge in [-0.25, -0.2) is 4.98 Å². The predicted molar refractivity (Wildman–Crippen MR) is 116 cm³/mol. The molecule has 0 atom stereocenters. The van der Waals surface area contributed by atoms with Crippen molar-refractivity contribution in [3.63, 3.8) is 0 Å². The number of amides is 1. The molecule has 2 heterocycles. The first-order valence-corrected chi connectivity index (χ1v) is 10.9. The Labute approximate surface area is 178 Å². The molecule has 1 amide bonds. The van der Waals surface area contributed by atoms with E-state index >= 15 is 0 Å². The Morgan fingerprint density at radius 3 is 2.50 bits per heavy atom. The van der Waals surface area contributed by atoms with E-state index in [1.54, 1.807) is 6.20 Å². The number of piperazine rings is 1. The molecular formula is C23H32N4O3. The van der Waals surface area contributed by atoms with Gasteiger partial charge < -0.3 is 14.6 Å². The summed E-state index contributed by atoms with van der Waals surface area (Å²) in [6.07, 6.45) is 7.82. The topological polar surface area (TPSA) is 78.5 Å². The van der Waals surface area contributed by atoms with Gasteiger partial charge in [0.25, 0.3) is 5.91 Å². The Bertz CT molecular complexity index is 781.